The normalized spacial score (nSPS) is 18.9. The molecule has 0 aliphatic carbocycles. The number of hydrogen-bond donors (Lipinski definition) is 0. The van der Waals surface area contributed by atoms with E-state index in [2.05, 4.69) is 6.07 Å². The third kappa shape index (κ3) is 2.07. The fourth-order valence-electron chi connectivity index (χ4n) is 1.42. The predicted molar refractivity (Wildman–Crippen MR) is 74.6 cm³/mol. The molecular weight excluding hydrogens is 258 g/mol. The molecule has 0 atom stereocenters. The average molecular weight is 269 g/mol. The summed E-state index contributed by atoms with van der Waals surface area (Å²) in [5, 5.41) is 2.03. The third-order valence-electron chi connectivity index (χ3n) is 2.35. The van der Waals surface area contributed by atoms with E-state index in [0.29, 0.717) is 10.9 Å². The van der Waals surface area contributed by atoms with E-state index >= 15 is 0 Å². The number of thiocarbonyl (C=S) groups is 1. The van der Waals surface area contributed by atoms with Crippen LogP contribution in [-0.2, 0) is 4.79 Å². The molecule has 5 heteroatoms. The van der Waals surface area contributed by atoms with Crippen LogP contribution in [0, 0.1) is 6.92 Å². The molecule has 1 saturated heterocycles. The van der Waals surface area contributed by atoms with Gasteiger partial charge in [0.25, 0.3) is 5.91 Å². The van der Waals surface area contributed by atoms with Crippen molar-refractivity contribution < 1.29 is 4.79 Å². The maximum absolute atomic E-state index is 11.9. The number of thioether (sulfide) groups is 1. The van der Waals surface area contributed by atoms with E-state index in [1.807, 2.05) is 25.3 Å². The highest BCUT2D eigenvalue weighted by Gasteiger charge is 2.30. The Morgan fingerprint density at radius 3 is 2.81 bits per heavy atom. The Balaban J connectivity index is 2.31. The van der Waals surface area contributed by atoms with E-state index in [1.165, 1.54) is 17.3 Å². The summed E-state index contributed by atoms with van der Waals surface area (Å²) in [6, 6.07) is 2.05. The lowest BCUT2D eigenvalue weighted by Gasteiger charge is -2.09. The SMILES string of the molecule is CCN1C(=O)C(=Cc2sccc2C)SC1=S. The zero-order valence-corrected chi connectivity index (χ0v) is 11.5. The molecule has 0 aromatic carbocycles. The molecule has 1 aliphatic heterocycles. The van der Waals surface area contributed by atoms with Crippen LogP contribution in [0.3, 0.4) is 0 Å². The lowest BCUT2D eigenvalue weighted by molar-refractivity contribution is -0.121. The van der Waals surface area contributed by atoms with Crippen LogP contribution in [0.25, 0.3) is 6.08 Å². The number of carbonyl (C=O) groups excluding carboxylic acids is 1. The largest absolute Gasteiger partial charge is 0.293 e. The Kier molecular flexibility index (Phi) is 3.47. The van der Waals surface area contributed by atoms with E-state index in [-0.39, 0.29) is 5.91 Å². The highest BCUT2D eigenvalue weighted by atomic mass is 32.2. The average Bonchev–Trinajstić information content (AvgIpc) is 2.74. The maximum atomic E-state index is 11.9. The van der Waals surface area contributed by atoms with Crippen LogP contribution in [0.2, 0.25) is 0 Å². The highest BCUT2D eigenvalue weighted by molar-refractivity contribution is 8.26. The lowest BCUT2D eigenvalue weighted by atomic mass is 10.2. The van der Waals surface area contributed by atoms with Gasteiger partial charge in [0.1, 0.15) is 4.32 Å². The van der Waals surface area contributed by atoms with Crippen LogP contribution < -0.4 is 0 Å². The lowest BCUT2D eigenvalue weighted by Crippen LogP contribution is -2.27. The molecule has 1 amide bonds. The predicted octanol–water partition coefficient (Wildman–Crippen LogP) is 3.28. The van der Waals surface area contributed by atoms with Crippen LogP contribution in [0.5, 0.6) is 0 Å². The first-order valence-corrected chi connectivity index (χ1v) is 7.03. The summed E-state index contributed by atoms with van der Waals surface area (Å²) in [6.07, 6.45) is 1.94. The number of thiophene rings is 1. The summed E-state index contributed by atoms with van der Waals surface area (Å²) in [6.45, 7) is 4.62. The Hall–Kier alpha value is -0.650. The molecule has 1 aromatic heterocycles. The monoisotopic (exact) mass is 269 g/mol. The van der Waals surface area contributed by atoms with Crippen molar-refractivity contribution in [3.05, 3.63) is 26.8 Å². The molecule has 2 heterocycles. The second-order valence-electron chi connectivity index (χ2n) is 3.39. The first kappa shape index (κ1) is 11.8. The minimum atomic E-state index is 0.0327. The molecule has 0 unspecified atom stereocenters. The van der Waals surface area contributed by atoms with Gasteiger partial charge in [-0.25, -0.2) is 0 Å². The molecule has 1 aliphatic rings. The summed E-state index contributed by atoms with van der Waals surface area (Å²) in [7, 11) is 0. The van der Waals surface area contributed by atoms with Crippen LogP contribution in [0.15, 0.2) is 16.4 Å². The van der Waals surface area contributed by atoms with Gasteiger partial charge in [-0.1, -0.05) is 24.0 Å². The Labute approximate surface area is 108 Å². The van der Waals surface area contributed by atoms with Crippen molar-refractivity contribution >= 4 is 51.6 Å². The van der Waals surface area contributed by atoms with Gasteiger partial charge in [-0.2, -0.15) is 0 Å². The van der Waals surface area contributed by atoms with Gasteiger partial charge in [0.05, 0.1) is 4.91 Å². The summed E-state index contributed by atoms with van der Waals surface area (Å²) in [5.74, 6) is 0.0327. The Bertz CT molecular complexity index is 475. The molecule has 0 N–H and O–H groups in total. The van der Waals surface area contributed by atoms with Gasteiger partial charge in [-0.15, -0.1) is 11.3 Å². The van der Waals surface area contributed by atoms with E-state index in [9.17, 15) is 4.79 Å². The van der Waals surface area contributed by atoms with Gasteiger partial charge in [0.2, 0.25) is 0 Å². The summed E-state index contributed by atoms with van der Waals surface area (Å²) in [5.41, 5.74) is 1.20. The van der Waals surface area contributed by atoms with Crippen LogP contribution in [0.4, 0.5) is 0 Å². The van der Waals surface area contributed by atoms with E-state index < -0.39 is 0 Å². The zero-order chi connectivity index (χ0) is 11.7. The number of nitrogens with zero attached hydrogens (tertiary/aromatic N) is 1. The van der Waals surface area contributed by atoms with Gasteiger partial charge < -0.3 is 0 Å². The van der Waals surface area contributed by atoms with Gasteiger partial charge in [0, 0.05) is 11.4 Å². The summed E-state index contributed by atoms with van der Waals surface area (Å²) in [4.78, 5) is 15.4. The Morgan fingerprint density at radius 1 is 1.56 bits per heavy atom. The van der Waals surface area contributed by atoms with Crippen molar-refractivity contribution in [3.63, 3.8) is 0 Å². The number of carbonyl (C=O) groups is 1. The number of amides is 1. The molecular formula is C11H11NOS3. The summed E-state index contributed by atoms with van der Waals surface area (Å²) < 4.78 is 0.660. The smallest absolute Gasteiger partial charge is 0.266 e. The molecule has 16 heavy (non-hydrogen) atoms. The first-order chi connectivity index (χ1) is 7.63. The molecule has 0 spiro atoms. The topological polar surface area (TPSA) is 20.3 Å². The number of rotatable bonds is 2. The van der Waals surface area contributed by atoms with Gasteiger partial charge >= 0.3 is 0 Å². The van der Waals surface area contributed by atoms with E-state index in [4.69, 9.17) is 12.2 Å². The van der Waals surface area contributed by atoms with Crippen molar-refractivity contribution in [1.82, 2.24) is 4.90 Å². The second kappa shape index (κ2) is 4.69. The van der Waals surface area contributed by atoms with Crippen LogP contribution in [-0.4, -0.2) is 21.7 Å². The van der Waals surface area contributed by atoms with Crippen molar-refractivity contribution in [2.75, 3.05) is 6.54 Å². The maximum Gasteiger partial charge on any atom is 0.266 e. The molecule has 1 fully saturated rings. The van der Waals surface area contributed by atoms with E-state index in [0.717, 1.165) is 9.78 Å². The van der Waals surface area contributed by atoms with Crippen LogP contribution in [0.1, 0.15) is 17.4 Å². The summed E-state index contributed by atoms with van der Waals surface area (Å²) >= 11 is 8.19. The van der Waals surface area contributed by atoms with Crippen molar-refractivity contribution in [2.45, 2.75) is 13.8 Å². The fourth-order valence-corrected chi connectivity index (χ4v) is 3.72. The van der Waals surface area contributed by atoms with Crippen LogP contribution >= 0.6 is 35.3 Å². The highest BCUT2D eigenvalue weighted by Crippen LogP contribution is 2.33. The second-order valence-corrected chi connectivity index (χ2v) is 6.02. The number of likely N-dealkylation sites (N-methyl/N-ethyl adjacent to an activating group) is 1. The minimum Gasteiger partial charge on any atom is -0.293 e. The molecule has 84 valence electrons. The van der Waals surface area contributed by atoms with Crippen molar-refractivity contribution in [1.29, 1.82) is 0 Å². The molecule has 2 nitrogen and oxygen atoms in total. The molecule has 1 aromatic rings. The molecule has 0 radical (unpaired) electrons. The third-order valence-corrected chi connectivity index (χ3v) is 4.70. The quantitative estimate of drug-likeness (QED) is 0.607. The minimum absolute atomic E-state index is 0.0327. The van der Waals surface area contributed by atoms with Gasteiger partial charge in [0.15, 0.2) is 0 Å². The van der Waals surface area contributed by atoms with Gasteiger partial charge in [-0.3, -0.25) is 9.69 Å². The van der Waals surface area contributed by atoms with Crippen molar-refractivity contribution in [2.24, 2.45) is 0 Å². The van der Waals surface area contributed by atoms with Gasteiger partial charge in [-0.05, 0) is 36.9 Å². The molecule has 2 rings (SSSR count). The standard InChI is InChI=1S/C11H11NOS3/c1-3-12-10(13)9(16-11(12)14)6-8-7(2)4-5-15-8/h4-6H,3H2,1-2H3. The van der Waals surface area contributed by atoms with E-state index in [1.54, 1.807) is 16.2 Å². The molecule has 0 bridgehead atoms. The van der Waals surface area contributed by atoms with Crippen molar-refractivity contribution in [3.8, 4) is 0 Å². The fraction of sp³-hybridized carbons (Fsp3) is 0.273. The number of hydrogen-bond acceptors (Lipinski definition) is 4. The zero-order valence-electron chi connectivity index (χ0n) is 9.02. The molecule has 0 saturated carbocycles. The number of aryl methyl sites for hydroxylation is 1. The Morgan fingerprint density at radius 2 is 2.31 bits per heavy atom. The first-order valence-electron chi connectivity index (χ1n) is 4.93.